The van der Waals surface area contributed by atoms with Crippen molar-refractivity contribution < 1.29 is 14.7 Å². The van der Waals surface area contributed by atoms with Crippen LogP contribution < -0.4 is 0 Å². The first-order valence-corrected chi connectivity index (χ1v) is 8.14. The summed E-state index contributed by atoms with van der Waals surface area (Å²) >= 11 is 0. The lowest BCUT2D eigenvalue weighted by atomic mass is 9.88. The number of carbonyl (C=O) groups is 2. The quantitative estimate of drug-likeness (QED) is 0.842. The van der Waals surface area contributed by atoms with Gasteiger partial charge in [-0.2, -0.15) is 0 Å². The molecule has 0 bridgehead atoms. The fraction of sp³-hybridized carbons (Fsp3) is 0.875. The summed E-state index contributed by atoms with van der Waals surface area (Å²) in [6, 6.07) is -0.593. The highest BCUT2D eigenvalue weighted by molar-refractivity contribution is 5.83. The van der Waals surface area contributed by atoms with E-state index >= 15 is 0 Å². The minimum absolute atomic E-state index is 0.0545. The first-order valence-electron chi connectivity index (χ1n) is 8.14. The Morgan fingerprint density at radius 2 is 1.85 bits per heavy atom. The Morgan fingerprint density at radius 3 is 2.45 bits per heavy atom. The van der Waals surface area contributed by atoms with E-state index in [2.05, 4.69) is 6.92 Å². The first kappa shape index (κ1) is 15.3. The van der Waals surface area contributed by atoms with E-state index in [1.807, 2.05) is 0 Å². The number of carboxylic acid groups (broad SMARTS) is 1. The maximum atomic E-state index is 12.3. The van der Waals surface area contributed by atoms with Crippen LogP contribution in [0, 0.1) is 11.8 Å². The van der Waals surface area contributed by atoms with Gasteiger partial charge in [-0.25, -0.2) is 4.79 Å². The molecule has 0 aromatic carbocycles. The zero-order valence-electron chi connectivity index (χ0n) is 12.5. The van der Waals surface area contributed by atoms with Crippen LogP contribution in [0.25, 0.3) is 0 Å². The highest BCUT2D eigenvalue weighted by atomic mass is 16.4. The minimum atomic E-state index is -0.836. The smallest absolute Gasteiger partial charge is 0.326 e. The Hall–Kier alpha value is -1.06. The van der Waals surface area contributed by atoms with Crippen molar-refractivity contribution >= 4 is 11.9 Å². The van der Waals surface area contributed by atoms with E-state index in [0.717, 1.165) is 19.3 Å². The van der Waals surface area contributed by atoms with Crippen molar-refractivity contribution in [3.8, 4) is 0 Å². The predicted octanol–water partition coefficient (Wildman–Crippen LogP) is 3.06. The average molecular weight is 281 g/mol. The molecule has 0 aromatic rings. The number of likely N-dealkylation sites (tertiary alicyclic amines) is 1. The van der Waals surface area contributed by atoms with Gasteiger partial charge in [0.25, 0.3) is 0 Å². The summed E-state index contributed by atoms with van der Waals surface area (Å²) in [5.41, 5.74) is 0. The molecular formula is C16H27NO3. The van der Waals surface area contributed by atoms with Crippen LogP contribution in [0.3, 0.4) is 0 Å². The standard InChI is InChI=1S/C16H27NO3/c1-2-12-9-10-17(14(11-12)16(19)20)15(18)8-7-13-5-3-4-6-13/h12-14H,2-11H2,1H3,(H,19,20). The summed E-state index contributed by atoms with van der Waals surface area (Å²) in [4.78, 5) is 25.4. The number of hydrogen-bond donors (Lipinski definition) is 1. The monoisotopic (exact) mass is 281 g/mol. The second kappa shape index (κ2) is 7.09. The number of rotatable bonds is 5. The van der Waals surface area contributed by atoms with Crippen LogP contribution in [0.2, 0.25) is 0 Å². The normalized spacial score (nSPS) is 27.8. The SMILES string of the molecule is CCC1CCN(C(=O)CCC2CCCC2)C(C(=O)O)C1. The molecule has 4 heteroatoms. The van der Waals surface area contributed by atoms with Crippen LogP contribution in [0.15, 0.2) is 0 Å². The van der Waals surface area contributed by atoms with Gasteiger partial charge in [-0.15, -0.1) is 0 Å². The lowest BCUT2D eigenvalue weighted by Gasteiger charge is -2.37. The van der Waals surface area contributed by atoms with Gasteiger partial charge in [0.1, 0.15) is 6.04 Å². The number of piperidine rings is 1. The average Bonchev–Trinajstić information content (AvgIpc) is 2.97. The van der Waals surface area contributed by atoms with Gasteiger partial charge in [-0.05, 0) is 31.1 Å². The minimum Gasteiger partial charge on any atom is -0.480 e. The van der Waals surface area contributed by atoms with Crippen LogP contribution in [0.5, 0.6) is 0 Å². The van der Waals surface area contributed by atoms with Crippen molar-refractivity contribution in [1.82, 2.24) is 4.90 Å². The molecular weight excluding hydrogens is 254 g/mol. The molecule has 2 rings (SSSR count). The fourth-order valence-corrected chi connectivity index (χ4v) is 3.71. The molecule has 1 saturated heterocycles. The van der Waals surface area contributed by atoms with Crippen molar-refractivity contribution in [1.29, 1.82) is 0 Å². The largest absolute Gasteiger partial charge is 0.480 e. The number of carboxylic acids is 1. The van der Waals surface area contributed by atoms with Crippen molar-refractivity contribution in [2.24, 2.45) is 11.8 Å². The molecule has 2 aliphatic rings. The van der Waals surface area contributed by atoms with Crippen molar-refractivity contribution in [3.05, 3.63) is 0 Å². The molecule has 1 aliphatic carbocycles. The first-order chi connectivity index (χ1) is 9.61. The molecule has 1 amide bonds. The molecule has 4 nitrogen and oxygen atoms in total. The Kier molecular flexibility index (Phi) is 5.44. The molecule has 114 valence electrons. The fourth-order valence-electron chi connectivity index (χ4n) is 3.71. The lowest BCUT2D eigenvalue weighted by molar-refractivity contribution is -0.153. The molecule has 0 spiro atoms. The van der Waals surface area contributed by atoms with E-state index in [1.165, 1.54) is 25.7 Å². The van der Waals surface area contributed by atoms with Gasteiger partial charge in [-0.3, -0.25) is 4.79 Å². The van der Waals surface area contributed by atoms with E-state index in [9.17, 15) is 14.7 Å². The van der Waals surface area contributed by atoms with Crippen molar-refractivity contribution in [2.75, 3.05) is 6.54 Å². The van der Waals surface area contributed by atoms with Crippen LogP contribution in [0.1, 0.15) is 64.7 Å². The van der Waals surface area contributed by atoms with Gasteiger partial charge >= 0.3 is 5.97 Å². The van der Waals surface area contributed by atoms with Crippen molar-refractivity contribution in [2.45, 2.75) is 70.8 Å². The highest BCUT2D eigenvalue weighted by Gasteiger charge is 2.35. The zero-order valence-corrected chi connectivity index (χ0v) is 12.5. The number of aliphatic carboxylic acids is 1. The lowest BCUT2D eigenvalue weighted by Crippen LogP contribution is -2.50. The second-order valence-electron chi connectivity index (χ2n) is 6.43. The zero-order chi connectivity index (χ0) is 14.5. The third kappa shape index (κ3) is 3.74. The summed E-state index contributed by atoms with van der Waals surface area (Å²) in [6.07, 6.45) is 9.13. The van der Waals surface area contributed by atoms with Gasteiger partial charge in [-0.1, -0.05) is 39.0 Å². The van der Waals surface area contributed by atoms with E-state index in [0.29, 0.717) is 31.2 Å². The summed E-state index contributed by atoms with van der Waals surface area (Å²) in [5.74, 6) is 0.363. The number of amides is 1. The third-order valence-corrected chi connectivity index (χ3v) is 5.14. The van der Waals surface area contributed by atoms with Crippen LogP contribution in [-0.4, -0.2) is 34.5 Å². The Morgan fingerprint density at radius 1 is 1.15 bits per heavy atom. The van der Waals surface area contributed by atoms with E-state index < -0.39 is 12.0 Å². The molecule has 1 heterocycles. The van der Waals surface area contributed by atoms with Crippen LogP contribution in [-0.2, 0) is 9.59 Å². The van der Waals surface area contributed by atoms with Crippen LogP contribution >= 0.6 is 0 Å². The Labute approximate surface area is 121 Å². The highest BCUT2D eigenvalue weighted by Crippen LogP contribution is 2.30. The topological polar surface area (TPSA) is 57.6 Å². The number of nitrogens with zero attached hydrogens (tertiary/aromatic N) is 1. The predicted molar refractivity (Wildman–Crippen MR) is 77.3 cm³/mol. The molecule has 1 N–H and O–H groups in total. The number of carbonyl (C=O) groups excluding carboxylic acids is 1. The summed E-state index contributed by atoms with van der Waals surface area (Å²) in [7, 11) is 0. The molecule has 20 heavy (non-hydrogen) atoms. The Bertz CT molecular complexity index is 350. The molecule has 1 saturated carbocycles. The van der Waals surface area contributed by atoms with E-state index in [4.69, 9.17) is 0 Å². The summed E-state index contributed by atoms with van der Waals surface area (Å²) < 4.78 is 0. The van der Waals surface area contributed by atoms with Gasteiger partial charge in [0.2, 0.25) is 5.91 Å². The van der Waals surface area contributed by atoms with Gasteiger partial charge in [0, 0.05) is 13.0 Å². The molecule has 0 aromatic heterocycles. The molecule has 1 aliphatic heterocycles. The van der Waals surface area contributed by atoms with Gasteiger partial charge < -0.3 is 10.0 Å². The molecule has 2 unspecified atom stereocenters. The molecule has 2 fully saturated rings. The molecule has 2 atom stereocenters. The maximum Gasteiger partial charge on any atom is 0.326 e. The Balaban J connectivity index is 1.87. The van der Waals surface area contributed by atoms with Crippen molar-refractivity contribution in [3.63, 3.8) is 0 Å². The third-order valence-electron chi connectivity index (χ3n) is 5.14. The van der Waals surface area contributed by atoms with Gasteiger partial charge in [0.15, 0.2) is 0 Å². The summed E-state index contributed by atoms with van der Waals surface area (Å²) in [6.45, 7) is 2.72. The van der Waals surface area contributed by atoms with E-state index in [-0.39, 0.29) is 5.91 Å². The number of hydrogen-bond acceptors (Lipinski definition) is 2. The molecule has 0 radical (unpaired) electrons. The maximum absolute atomic E-state index is 12.3. The van der Waals surface area contributed by atoms with Crippen LogP contribution in [0.4, 0.5) is 0 Å². The van der Waals surface area contributed by atoms with Gasteiger partial charge in [0.05, 0.1) is 0 Å². The second-order valence-corrected chi connectivity index (χ2v) is 6.43. The van der Waals surface area contributed by atoms with E-state index in [1.54, 1.807) is 4.90 Å². The summed E-state index contributed by atoms with van der Waals surface area (Å²) in [5, 5.41) is 9.36.